The molecule has 0 spiro atoms. The van der Waals surface area contributed by atoms with Crippen LogP contribution in [0.1, 0.15) is 13.3 Å². The van der Waals surface area contributed by atoms with Gasteiger partial charge in [0.2, 0.25) is 5.91 Å². The number of hydrogen-bond acceptors (Lipinski definition) is 1. The normalized spacial score (nSPS) is 10.1. The monoisotopic (exact) mass is 127 g/mol. The zero-order valence-electron chi connectivity index (χ0n) is 6.22. The van der Waals surface area contributed by atoms with Crippen molar-refractivity contribution < 1.29 is 4.79 Å². The van der Waals surface area contributed by atoms with E-state index in [0.717, 1.165) is 6.42 Å². The van der Waals surface area contributed by atoms with Gasteiger partial charge >= 0.3 is 0 Å². The molecule has 0 unspecified atom stereocenters. The average molecular weight is 127 g/mol. The lowest BCUT2D eigenvalue weighted by molar-refractivity contribution is -0.123. The fraction of sp³-hybridized carbons (Fsp3) is 0.571. The Balaban J connectivity index is 3.63. The van der Waals surface area contributed by atoms with Gasteiger partial charge in [-0.2, -0.15) is 0 Å². The summed E-state index contributed by atoms with van der Waals surface area (Å²) in [7, 11) is 3.48. The van der Waals surface area contributed by atoms with Crippen molar-refractivity contribution in [3.05, 3.63) is 12.2 Å². The third-order valence-corrected chi connectivity index (χ3v) is 0.937. The van der Waals surface area contributed by atoms with Crippen molar-refractivity contribution in [3.8, 4) is 0 Å². The number of carbonyl (C=O) groups is 1. The average Bonchev–Trinajstić information content (AvgIpc) is 1.82. The van der Waals surface area contributed by atoms with Crippen LogP contribution in [0.4, 0.5) is 0 Å². The van der Waals surface area contributed by atoms with Crippen LogP contribution in [0.5, 0.6) is 0 Å². The van der Waals surface area contributed by atoms with Crippen molar-refractivity contribution in [1.29, 1.82) is 0 Å². The van der Waals surface area contributed by atoms with Crippen molar-refractivity contribution >= 4 is 5.91 Å². The Kier molecular flexibility index (Phi) is 3.76. The summed E-state index contributed by atoms with van der Waals surface area (Å²) < 4.78 is 0. The minimum atomic E-state index is 0.0526. The number of hydrogen-bond donors (Lipinski definition) is 0. The molecule has 52 valence electrons. The van der Waals surface area contributed by atoms with Crippen molar-refractivity contribution in [3.63, 3.8) is 0 Å². The third kappa shape index (κ3) is 3.76. The predicted octanol–water partition coefficient (Wildman–Crippen LogP) is 1.04. The second-order valence-electron chi connectivity index (χ2n) is 2.04. The Hall–Kier alpha value is -0.790. The van der Waals surface area contributed by atoms with Crippen molar-refractivity contribution in [2.45, 2.75) is 13.3 Å². The van der Waals surface area contributed by atoms with Crippen LogP contribution in [-0.2, 0) is 4.79 Å². The van der Waals surface area contributed by atoms with E-state index in [-0.39, 0.29) is 5.91 Å². The molecule has 0 fully saturated rings. The summed E-state index contributed by atoms with van der Waals surface area (Å²) in [6.45, 7) is 2.00. The summed E-state index contributed by atoms with van der Waals surface area (Å²) in [4.78, 5) is 12.3. The second kappa shape index (κ2) is 4.13. The van der Waals surface area contributed by atoms with E-state index in [1.165, 1.54) is 0 Å². The molecule has 0 aromatic carbocycles. The van der Waals surface area contributed by atoms with Crippen molar-refractivity contribution in [2.24, 2.45) is 0 Å². The minimum Gasteiger partial charge on any atom is -0.345 e. The number of rotatable bonds is 2. The number of carbonyl (C=O) groups excluding carboxylic acids is 1. The number of amides is 1. The summed E-state index contributed by atoms with van der Waals surface area (Å²) in [5.74, 6) is 0.0526. The lowest BCUT2D eigenvalue weighted by Gasteiger charge is -2.04. The topological polar surface area (TPSA) is 20.3 Å². The molecule has 0 radical (unpaired) electrons. The van der Waals surface area contributed by atoms with Crippen LogP contribution in [0.2, 0.25) is 0 Å². The van der Waals surface area contributed by atoms with Gasteiger partial charge in [0.1, 0.15) is 0 Å². The molecule has 0 atom stereocenters. The van der Waals surface area contributed by atoms with Gasteiger partial charge in [0, 0.05) is 14.1 Å². The first-order valence-corrected chi connectivity index (χ1v) is 3.06. The standard InChI is InChI=1S/C7H13NO/c1-4-5-6-7(9)8(2)3/h5-6H,4H2,1-3H3. The van der Waals surface area contributed by atoms with E-state index in [0.29, 0.717) is 0 Å². The highest BCUT2D eigenvalue weighted by Gasteiger charge is 1.93. The van der Waals surface area contributed by atoms with Crippen LogP contribution < -0.4 is 0 Å². The molecule has 0 saturated carbocycles. The van der Waals surface area contributed by atoms with E-state index in [4.69, 9.17) is 0 Å². The van der Waals surface area contributed by atoms with Gasteiger partial charge < -0.3 is 4.90 Å². The van der Waals surface area contributed by atoms with Crippen molar-refractivity contribution in [2.75, 3.05) is 14.1 Å². The molecule has 0 N–H and O–H groups in total. The Morgan fingerprint density at radius 2 is 2.11 bits per heavy atom. The lowest BCUT2D eigenvalue weighted by atomic mass is 10.4. The molecule has 1 amide bonds. The molecule has 0 saturated heterocycles. The quantitative estimate of drug-likeness (QED) is 0.507. The molecular formula is C7H13NO. The SMILES string of the molecule is CCC=CC(=O)N(C)C. The van der Waals surface area contributed by atoms with E-state index in [2.05, 4.69) is 0 Å². The van der Waals surface area contributed by atoms with Crippen molar-refractivity contribution in [1.82, 2.24) is 4.90 Å². The van der Waals surface area contributed by atoms with E-state index in [9.17, 15) is 4.79 Å². The fourth-order valence-corrected chi connectivity index (χ4v) is 0.368. The second-order valence-corrected chi connectivity index (χ2v) is 2.04. The number of allylic oxidation sites excluding steroid dienone is 1. The first-order chi connectivity index (χ1) is 4.18. The van der Waals surface area contributed by atoms with Gasteiger partial charge in [0.05, 0.1) is 0 Å². The van der Waals surface area contributed by atoms with E-state index < -0.39 is 0 Å². The van der Waals surface area contributed by atoms with E-state index in [1.54, 1.807) is 25.1 Å². The maximum atomic E-state index is 10.7. The lowest BCUT2D eigenvalue weighted by Crippen LogP contribution is -2.18. The van der Waals surface area contributed by atoms with Gasteiger partial charge in [0.25, 0.3) is 0 Å². The molecule has 9 heavy (non-hydrogen) atoms. The number of nitrogens with zero attached hydrogens (tertiary/aromatic N) is 1. The van der Waals surface area contributed by atoms with Crippen LogP contribution >= 0.6 is 0 Å². The summed E-state index contributed by atoms with van der Waals surface area (Å²) in [6, 6.07) is 0. The summed E-state index contributed by atoms with van der Waals surface area (Å²) in [5.41, 5.74) is 0. The maximum Gasteiger partial charge on any atom is 0.245 e. The fourth-order valence-electron chi connectivity index (χ4n) is 0.368. The highest BCUT2D eigenvalue weighted by atomic mass is 16.2. The van der Waals surface area contributed by atoms with Gasteiger partial charge in [-0.15, -0.1) is 0 Å². The Morgan fingerprint density at radius 3 is 2.44 bits per heavy atom. The third-order valence-electron chi connectivity index (χ3n) is 0.937. The largest absolute Gasteiger partial charge is 0.345 e. The van der Waals surface area contributed by atoms with E-state index >= 15 is 0 Å². The molecule has 2 nitrogen and oxygen atoms in total. The number of likely N-dealkylation sites (N-methyl/N-ethyl adjacent to an activating group) is 1. The predicted molar refractivity (Wildman–Crippen MR) is 38.1 cm³/mol. The Labute approximate surface area is 56.2 Å². The highest BCUT2D eigenvalue weighted by molar-refractivity contribution is 5.86. The minimum absolute atomic E-state index is 0.0526. The molecule has 0 aliphatic rings. The zero-order chi connectivity index (χ0) is 7.28. The maximum absolute atomic E-state index is 10.7. The molecule has 0 aliphatic carbocycles. The molecule has 2 heteroatoms. The van der Waals surface area contributed by atoms with Crippen LogP contribution in [0.15, 0.2) is 12.2 Å². The van der Waals surface area contributed by atoms with Gasteiger partial charge in [-0.1, -0.05) is 13.0 Å². The Bertz CT molecular complexity index is 116. The Morgan fingerprint density at radius 1 is 1.56 bits per heavy atom. The first kappa shape index (κ1) is 8.21. The molecule has 0 heterocycles. The van der Waals surface area contributed by atoms with Crippen LogP contribution in [0.3, 0.4) is 0 Å². The smallest absolute Gasteiger partial charge is 0.245 e. The van der Waals surface area contributed by atoms with Crippen LogP contribution in [0, 0.1) is 0 Å². The molecule has 0 aromatic rings. The molecule has 0 aliphatic heterocycles. The molecular weight excluding hydrogens is 114 g/mol. The van der Waals surface area contributed by atoms with Gasteiger partial charge in [-0.25, -0.2) is 0 Å². The van der Waals surface area contributed by atoms with Gasteiger partial charge in [0.15, 0.2) is 0 Å². The van der Waals surface area contributed by atoms with E-state index in [1.807, 2.05) is 13.0 Å². The summed E-state index contributed by atoms with van der Waals surface area (Å²) in [6.07, 6.45) is 4.35. The molecule has 0 aromatic heterocycles. The highest BCUT2D eigenvalue weighted by Crippen LogP contribution is 1.83. The summed E-state index contributed by atoms with van der Waals surface area (Å²) in [5, 5.41) is 0. The summed E-state index contributed by atoms with van der Waals surface area (Å²) >= 11 is 0. The molecule has 0 rings (SSSR count). The first-order valence-electron chi connectivity index (χ1n) is 3.06. The molecule has 0 bridgehead atoms. The van der Waals surface area contributed by atoms with Gasteiger partial charge in [-0.05, 0) is 12.5 Å². The van der Waals surface area contributed by atoms with Crippen LogP contribution in [0.25, 0.3) is 0 Å². The van der Waals surface area contributed by atoms with Crippen LogP contribution in [-0.4, -0.2) is 24.9 Å². The van der Waals surface area contributed by atoms with Gasteiger partial charge in [-0.3, -0.25) is 4.79 Å². The zero-order valence-corrected chi connectivity index (χ0v) is 6.22.